The van der Waals surface area contributed by atoms with Crippen molar-refractivity contribution in [1.82, 2.24) is 0 Å². The van der Waals surface area contributed by atoms with Crippen molar-refractivity contribution in [2.75, 3.05) is 6.61 Å². The summed E-state index contributed by atoms with van der Waals surface area (Å²) in [7, 11) is 0. The van der Waals surface area contributed by atoms with Gasteiger partial charge in [0, 0.05) is 23.8 Å². The van der Waals surface area contributed by atoms with Crippen LogP contribution in [0.4, 0.5) is 0 Å². The van der Waals surface area contributed by atoms with Crippen molar-refractivity contribution >= 4 is 0 Å². The third-order valence-electron chi connectivity index (χ3n) is 4.56. The highest BCUT2D eigenvalue weighted by molar-refractivity contribution is 5.58. The highest BCUT2D eigenvalue weighted by Gasteiger charge is 2.53. The van der Waals surface area contributed by atoms with Crippen LogP contribution in [0.2, 0.25) is 0 Å². The molecular formula is C15H18O3. The molecule has 1 aliphatic heterocycles. The van der Waals surface area contributed by atoms with Crippen LogP contribution in [0.5, 0.6) is 11.5 Å². The molecule has 0 amide bonds. The maximum Gasteiger partial charge on any atom is 0.129 e. The number of hydrogen-bond donors (Lipinski definition) is 1. The lowest BCUT2D eigenvalue weighted by atomic mass is 9.91. The average molecular weight is 246 g/mol. The van der Waals surface area contributed by atoms with Crippen molar-refractivity contribution in [3.63, 3.8) is 0 Å². The second-order valence-corrected chi connectivity index (χ2v) is 6.02. The third kappa shape index (κ3) is 1.40. The molecule has 0 bridgehead atoms. The number of ether oxygens (including phenoxy) is 2. The molecule has 0 atom stereocenters. The standard InChI is InChI=1S/C15H18O3/c1-9-2-3-12(18-11-6-10(16)7-11)13-14(9)17-8-15(13)4-5-15/h2-3,10-11,16H,4-8H2,1H3/t10-,11+. The summed E-state index contributed by atoms with van der Waals surface area (Å²) >= 11 is 0. The van der Waals surface area contributed by atoms with Gasteiger partial charge in [-0.05, 0) is 31.4 Å². The van der Waals surface area contributed by atoms with E-state index < -0.39 is 0 Å². The smallest absolute Gasteiger partial charge is 0.129 e. The van der Waals surface area contributed by atoms with E-state index in [2.05, 4.69) is 19.1 Å². The van der Waals surface area contributed by atoms with E-state index in [1.807, 2.05) is 0 Å². The minimum absolute atomic E-state index is 0.167. The lowest BCUT2D eigenvalue weighted by molar-refractivity contribution is -0.0113. The van der Waals surface area contributed by atoms with Crippen molar-refractivity contribution in [3.8, 4) is 11.5 Å². The SMILES string of the molecule is Cc1ccc(O[C@H]2C[C@@H](O)C2)c2c1OCC21CC1. The third-order valence-corrected chi connectivity index (χ3v) is 4.56. The van der Waals surface area contributed by atoms with Gasteiger partial charge in [0.2, 0.25) is 0 Å². The molecule has 1 aromatic carbocycles. The molecule has 3 aliphatic rings. The summed E-state index contributed by atoms with van der Waals surface area (Å²) in [6.45, 7) is 2.91. The Hall–Kier alpha value is -1.22. The molecule has 18 heavy (non-hydrogen) atoms. The zero-order valence-corrected chi connectivity index (χ0v) is 10.6. The predicted octanol–water partition coefficient (Wildman–Crippen LogP) is 2.32. The summed E-state index contributed by atoms with van der Waals surface area (Å²) in [5.41, 5.74) is 2.75. The molecule has 96 valence electrons. The van der Waals surface area contributed by atoms with Gasteiger partial charge in [0.1, 0.15) is 17.6 Å². The second kappa shape index (κ2) is 3.41. The zero-order valence-electron chi connectivity index (χ0n) is 10.6. The summed E-state index contributed by atoms with van der Waals surface area (Å²) in [4.78, 5) is 0. The Kier molecular flexibility index (Phi) is 2.03. The first-order valence-corrected chi connectivity index (χ1v) is 6.80. The fourth-order valence-electron chi connectivity index (χ4n) is 3.10. The van der Waals surface area contributed by atoms with Crippen LogP contribution in [-0.2, 0) is 5.41 Å². The molecule has 4 rings (SSSR count). The average Bonchev–Trinajstić information content (AvgIpc) is 2.96. The Labute approximate surface area is 107 Å². The quantitative estimate of drug-likeness (QED) is 0.870. The number of aliphatic hydroxyl groups excluding tert-OH is 1. The molecule has 1 spiro atoms. The van der Waals surface area contributed by atoms with Gasteiger partial charge in [0.25, 0.3) is 0 Å². The summed E-state index contributed by atoms with van der Waals surface area (Å²) in [5.74, 6) is 2.03. The fraction of sp³-hybridized carbons (Fsp3) is 0.600. The molecule has 1 N–H and O–H groups in total. The Morgan fingerprint density at radius 2 is 2.11 bits per heavy atom. The summed E-state index contributed by atoms with van der Waals surface area (Å²) in [6, 6.07) is 4.15. The Morgan fingerprint density at radius 1 is 1.33 bits per heavy atom. The van der Waals surface area contributed by atoms with Gasteiger partial charge in [-0.15, -0.1) is 0 Å². The van der Waals surface area contributed by atoms with Gasteiger partial charge in [-0.3, -0.25) is 0 Å². The monoisotopic (exact) mass is 246 g/mol. The Balaban J connectivity index is 1.69. The zero-order chi connectivity index (χ0) is 12.3. The van der Waals surface area contributed by atoms with E-state index in [-0.39, 0.29) is 17.6 Å². The minimum atomic E-state index is -0.167. The Morgan fingerprint density at radius 3 is 2.78 bits per heavy atom. The van der Waals surface area contributed by atoms with Crippen molar-refractivity contribution in [3.05, 3.63) is 23.3 Å². The van der Waals surface area contributed by atoms with Crippen molar-refractivity contribution in [2.45, 2.75) is 50.2 Å². The van der Waals surface area contributed by atoms with E-state index in [0.29, 0.717) is 0 Å². The van der Waals surface area contributed by atoms with Gasteiger partial charge >= 0.3 is 0 Å². The summed E-state index contributed by atoms with van der Waals surface area (Å²) < 4.78 is 11.9. The molecule has 2 aliphatic carbocycles. The lowest BCUT2D eigenvalue weighted by Gasteiger charge is -2.32. The van der Waals surface area contributed by atoms with E-state index in [4.69, 9.17) is 9.47 Å². The first-order valence-electron chi connectivity index (χ1n) is 6.80. The van der Waals surface area contributed by atoms with Crippen molar-refractivity contribution < 1.29 is 14.6 Å². The van der Waals surface area contributed by atoms with Gasteiger partial charge in [0.15, 0.2) is 0 Å². The van der Waals surface area contributed by atoms with Crippen LogP contribution in [0.1, 0.15) is 36.8 Å². The minimum Gasteiger partial charge on any atom is -0.492 e. The topological polar surface area (TPSA) is 38.7 Å². The summed E-state index contributed by atoms with van der Waals surface area (Å²) in [6.07, 6.45) is 3.97. The highest BCUT2D eigenvalue weighted by atomic mass is 16.5. The molecule has 2 fully saturated rings. The van der Waals surface area contributed by atoms with Gasteiger partial charge in [-0.1, -0.05) is 6.07 Å². The lowest BCUT2D eigenvalue weighted by Crippen LogP contribution is -2.37. The van der Waals surface area contributed by atoms with Gasteiger partial charge in [-0.2, -0.15) is 0 Å². The van der Waals surface area contributed by atoms with Crippen molar-refractivity contribution in [2.24, 2.45) is 0 Å². The Bertz CT molecular complexity index is 499. The number of rotatable bonds is 2. The first kappa shape index (κ1) is 10.7. The highest BCUT2D eigenvalue weighted by Crippen LogP contribution is 2.59. The molecule has 0 aromatic heterocycles. The molecule has 1 heterocycles. The normalized spacial score (nSPS) is 30.6. The molecule has 2 saturated carbocycles. The number of aryl methyl sites for hydroxylation is 1. The number of hydrogen-bond acceptors (Lipinski definition) is 3. The predicted molar refractivity (Wildman–Crippen MR) is 67.2 cm³/mol. The van der Waals surface area contributed by atoms with Crippen LogP contribution in [-0.4, -0.2) is 23.9 Å². The number of fused-ring (bicyclic) bond motifs is 2. The van der Waals surface area contributed by atoms with Crippen LogP contribution in [0.3, 0.4) is 0 Å². The summed E-state index contributed by atoms with van der Waals surface area (Å²) in [5, 5.41) is 9.34. The van der Waals surface area contributed by atoms with Gasteiger partial charge < -0.3 is 14.6 Å². The molecule has 1 aromatic rings. The fourth-order valence-corrected chi connectivity index (χ4v) is 3.10. The number of aliphatic hydroxyl groups is 1. The number of benzene rings is 1. The molecule has 3 nitrogen and oxygen atoms in total. The van der Waals surface area contributed by atoms with Gasteiger partial charge in [-0.25, -0.2) is 0 Å². The van der Waals surface area contributed by atoms with Crippen LogP contribution >= 0.6 is 0 Å². The van der Waals surface area contributed by atoms with E-state index in [0.717, 1.165) is 30.9 Å². The van der Waals surface area contributed by atoms with Crippen LogP contribution < -0.4 is 9.47 Å². The second-order valence-electron chi connectivity index (χ2n) is 6.02. The van der Waals surface area contributed by atoms with Crippen LogP contribution in [0.25, 0.3) is 0 Å². The van der Waals surface area contributed by atoms with Crippen LogP contribution in [0, 0.1) is 6.92 Å². The van der Waals surface area contributed by atoms with Crippen molar-refractivity contribution in [1.29, 1.82) is 0 Å². The van der Waals surface area contributed by atoms with E-state index in [1.54, 1.807) is 0 Å². The molecule has 0 saturated heterocycles. The van der Waals surface area contributed by atoms with E-state index in [1.165, 1.54) is 24.0 Å². The van der Waals surface area contributed by atoms with Gasteiger partial charge in [0.05, 0.1) is 12.7 Å². The molecule has 0 unspecified atom stereocenters. The maximum atomic E-state index is 9.34. The molecular weight excluding hydrogens is 228 g/mol. The van der Waals surface area contributed by atoms with E-state index >= 15 is 0 Å². The van der Waals surface area contributed by atoms with Crippen LogP contribution in [0.15, 0.2) is 12.1 Å². The first-order chi connectivity index (χ1) is 8.68. The van der Waals surface area contributed by atoms with E-state index in [9.17, 15) is 5.11 Å². The molecule has 3 heteroatoms. The molecule has 0 radical (unpaired) electrons. The largest absolute Gasteiger partial charge is 0.492 e. The maximum absolute atomic E-state index is 9.34.